The van der Waals surface area contributed by atoms with Crippen LogP contribution >= 0.6 is 0 Å². The molecule has 0 fully saturated rings. The Morgan fingerprint density at radius 1 is 1.46 bits per heavy atom. The number of phenolic OH excluding ortho intramolecular Hbond substituents is 1. The van der Waals surface area contributed by atoms with E-state index < -0.39 is 0 Å². The summed E-state index contributed by atoms with van der Waals surface area (Å²) in [6.45, 7) is 0.507. The number of ether oxygens (including phenoxy) is 1. The number of aromatic hydroxyl groups is 1. The summed E-state index contributed by atoms with van der Waals surface area (Å²) < 4.78 is 5.24. The van der Waals surface area contributed by atoms with E-state index in [-0.39, 0.29) is 11.3 Å². The van der Waals surface area contributed by atoms with Gasteiger partial charge >= 0.3 is 0 Å². The highest BCUT2D eigenvalue weighted by Gasteiger charge is 2.09. The lowest BCUT2D eigenvalue weighted by Crippen LogP contribution is -2.00. The van der Waals surface area contributed by atoms with Crippen molar-refractivity contribution >= 4 is 12.4 Å². The molecule has 0 unspecified atom stereocenters. The first-order chi connectivity index (χ1) is 6.31. The van der Waals surface area contributed by atoms with Gasteiger partial charge in [0.05, 0.1) is 5.56 Å². The highest BCUT2D eigenvalue weighted by Crippen LogP contribution is 2.30. The van der Waals surface area contributed by atoms with Gasteiger partial charge in [-0.1, -0.05) is 6.08 Å². The van der Waals surface area contributed by atoms with Crippen LogP contribution in [0.1, 0.15) is 15.9 Å². The zero-order valence-electron chi connectivity index (χ0n) is 6.86. The van der Waals surface area contributed by atoms with Crippen molar-refractivity contribution in [2.75, 3.05) is 6.61 Å². The Kier molecular flexibility index (Phi) is 1.77. The molecule has 2 rings (SSSR count). The zero-order valence-corrected chi connectivity index (χ0v) is 6.86. The molecule has 1 heterocycles. The largest absolute Gasteiger partial charge is 0.507 e. The summed E-state index contributed by atoms with van der Waals surface area (Å²) in [5, 5.41) is 9.33. The summed E-state index contributed by atoms with van der Waals surface area (Å²) in [6, 6.07) is 3.07. The van der Waals surface area contributed by atoms with Crippen LogP contribution in [0.25, 0.3) is 6.08 Å². The van der Waals surface area contributed by atoms with Crippen molar-refractivity contribution in [2.45, 2.75) is 0 Å². The van der Waals surface area contributed by atoms with Crippen LogP contribution in [0.15, 0.2) is 18.2 Å². The van der Waals surface area contributed by atoms with E-state index in [4.69, 9.17) is 4.74 Å². The summed E-state index contributed by atoms with van der Waals surface area (Å²) in [6.07, 6.45) is 4.34. The predicted molar refractivity (Wildman–Crippen MR) is 48.0 cm³/mol. The molecule has 3 nitrogen and oxygen atoms in total. The Labute approximate surface area is 75.3 Å². The smallest absolute Gasteiger partial charge is 0.153 e. The van der Waals surface area contributed by atoms with Crippen molar-refractivity contribution in [2.24, 2.45) is 0 Å². The Hall–Kier alpha value is -1.77. The van der Waals surface area contributed by atoms with Crippen molar-refractivity contribution in [3.63, 3.8) is 0 Å². The van der Waals surface area contributed by atoms with Crippen LogP contribution in [-0.4, -0.2) is 18.0 Å². The number of phenols is 1. The molecule has 0 aliphatic carbocycles. The van der Waals surface area contributed by atoms with Gasteiger partial charge in [0.1, 0.15) is 18.1 Å². The predicted octanol–water partition coefficient (Wildman–Crippen LogP) is 1.61. The van der Waals surface area contributed by atoms with Gasteiger partial charge < -0.3 is 9.84 Å². The molecule has 1 aliphatic rings. The van der Waals surface area contributed by atoms with Gasteiger partial charge in [0.2, 0.25) is 0 Å². The van der Waals surface area contributed by atoms with E-state index >= 15 is 0 Å². The minimum atomic E-state index is -0.0379. The molecular weight excluding hydrogens is 168 g/mol. The molecule has 0 aromatic heterocycles. The fourth-order valence-electron chi connectivity index (χ4n) is 1.27. The summed E-state index contributed by atoms with van der Waals surface area (Å²) in [4.78, 5) is 10.5. The van der Waals surface area contributed by atoms with Gasteiger partial charge in [-0.15, -0.1) is 0 Å². The number of benzene rings is 1. The van der Waals surface area contributed by atoms with Gasteiger partial charge in [-0.3, -0.25) is 4.79 Å². The van der Waals surface area contributed by atoms with Crippen molar-refractivity contribution in [1.29, 1.82) is 0 Å². The average Bonchev–Trinajstić information content (AvgIpc) is 2.17. The number of carbonyl (C=O) groups excluding carboxylic acids is 1. The van der Waals surface area contributed by atoms with Crippen molar-refractivity contribution in [1.82, 2.24) is 0 Å². The van der Waals surface area contributed by atoms with Gasteiger partial charge in [-0.25, -0.2) is 0 Å². The molecule has 13 heavy (non-hydrogen) atoms. The van der Waals surface area contributed by atoms with Crippen LogP contribution in [0.4, 0.5) is 0 Å². The second kappa shape index (κ2) is 2.94. The standard InChI is InChI=1S/C10H8O3/c11-6-8-4-7-2-1-3-13-10(7)5-9(8)12/h1-2,4-6,12H,3H2. The zero-order chi connectivity index (χ0) is 9.26. The Bertz CT molecular complexity index is 380. The van der Waals surface area contributed by atoms with Gasteiger partial charge in [0.15, 0.2) is 6.29 Å². The minimum Gasteiger partial charge on any atom is -0.507 e. The number of aldehydes is 1. The molecule has 0 spiro atoms. The second-order valence-corrected chi connectivity index (χ2v) is 2.78. The maximum atomic E-state index is 10.5. The van der Waals surface area contributed by atoms with Crippen LogP contribution in [-0.2, 0) is 0 Å². The number of hydrogen-bond donors (Lipinski definition) is 1. The lowest BCUT2D eigenvalue weighted by Gasteiger charge is -2.12. The molecule has 0 radical (unpaired) electrons. The molecule has 0 saturated carbocycles. The summed E-state index contributed by atoms with van der Waals surface area (Å²) >= 11 is 0. The molecular formula is C10H8O3. The number of fused-ring (bicyclic) bond motifs is 1. The van der Waals surface area contributed by atoms with Crippen molar-refractivity contribution < 1.29 is 14.6 Å². The molecule has 0 amide bonds. The highest BCUT2D eigenvalue weighted by atomic mass is 16.5. The number of rotatable bonds is 1. The molecule has 0 bridgehead atoms. The second-order valence-electron chi connectivity index (χ2n) is 2.78. The van der Waals surface area contributed by atoms with Crippen LogP contribution in [0, 0.1) is 0 Å². The summed E-state index contributed by atoms with van der Waals surface area (Å²) in [5.41, 5.74) is 1.11. The average molecular weight is 176 g/mol. The molecule has 1 aliphatic heterocycles. The van der Waals surface area contributed by atoms with Gasteiger partial charge in [-0.2, -0.15) is 0 Å². The van der Waals surface area contributed by atoms with Gasteiger partial charge in [0.25, 0.3) is 0 Å². The SMILES string of the molecule is O=Cc1cc2c(cc1O)OCC=C2. The lowest BCUT2D eigenvalue weighted by molar-refractivity contribution is 0.112. The molecule has 1 N–H and O–H groups in total. The van der Waals surface area contributed by atoms with Gasteiger partial charge in [-0.05, 0) is 12.1 Å². The topological polar surface area (TPSA) is 46.5 Å². The third-order valence-corrected chi connectivity index (χ3v) is 1.92. The molecule has 0 saturated heterocycles. The van der Waals surface area contributed by atoms with E-state index in [0.717, 1.165) is 5.56 Å². The fraction of sp³-hybridized carbons (Fsp3) is 0.100. The quantitative estimate of drug-likeness (QED) is 0.661. The maximum absolute atomic E-state index is 10.5. The van der Waals surface area contributed by atoms with E-state index in [9.17, 15) is 9.90 Å². The first kappa shape index (κ1) is 7.86. The van der Waals surface area contributed by atoms with Crippen LogP contribution in [0.2, 0.25) is 0 Å². The normalized spacial score (nSPS) is 13.2. The van der Waals surface area contributed by atoms with E-state index in [1.54, 1.807) is 6.07 Å². The molecule has 66 valence electrons. The number of carbonyl (C=O) groups is 1. The van der Waals surface area contributed by atoms with E-state index in [1.807, 2.05) is 12.2 Å². The fourth-order valence-corrected chi connectivity index (χ4v) is 1.27. The monoisotopic (exact) mass is 176 g/mol. The molecule has 1 aromatic carbocycles. The maximum Gasteiger partial charge on any atom is 0.153 e. The minimum absolute atomic E-state index is 0.0379. The van der Waals surface area contributed by atoms with E-state index in [1.165, 1.54) is 6.07 Å². The summed E-state index contributed by atoms with van der Waals surface area (Å²) in [5.74, 6) is 0.578. The van der Waals surface area contributed by atoms with Gasteiger partial charge in [0, 0.05) is 11.6 Å². The Morgan fingerprint density at radius 3 is 3.08 bits per heavy atom. The van der Waals surface area contributed by atoms with Crippen molar-refractivity contribution in [3.05, 3.63) is 29.3 Å². The molecule has 0 atom stereocenters. The first-order valence-electron chi connectivity index (χ1n) is 3.93. The van der Waals surface area contributed by atoms with Crippen LogP contribution in [0.5, 0.6) is 11.5 Å². The van der Waals surface area contributed by atoms with E-state index in [2.05, 4.69) is 0 Å². The summed E-state index contributed by atoms with van der Waals surface area (Å²) in [7, 11) is 0. The lowest BCUT2D eigenvalue weighted by atomic mass is 10.1. The van der Waals surface area contributed by atoms with Crippen molar-refractivity contribution in [3.8, 4) is 11.5 Å². The van der Waals surface area contributed by atoms with Crippen LogP contribution < -0.4 is 4.74 Å². The van der Waals surface area contributed by atoms with Crippen LogP contribution in [0.3, 0.4) is 0 Å². The Balaban J connectivity index is 2.58. The van der Waals surface area contributed by atoms with E-state index in [0.29, 0.717) is 18.6 Å². The Morgan fingerprint density at radius 2 is 2.31 bits per heavy atom. The molecule has 3 heteroatoms. The first-order valence-corrected chi connectivity index (χ1v) is 3.93. The highest BCUT2D eigenvalue weighted by molar-refractivity contribution is 5.82. The molecule has 1 aromatic rings. The number of hydrogen-bond acceptors (Lipinski definition) is 3. The third-order valence-electron chi connectivity index (χ3n) is 1.92. The third kappa shape index (κ3) is 1.28.